The van der Waals surface area contributed by atoms with Gasteiger partial charge >= 0.3 is 6.18 Å². The van der Waals surface area contributed by atoms with Crippen LogP contribution in [0.5, 0.6) is 0 Å². The van der Waals surface area contributed by atoms with Crippen molar-refractivity contribution in [2.45, 2.75) is 24.9 Å². The van der Waals surface area contributed by atoms with E-state index in [1.165, 1.54) is 28.9 Å². The van der Waals surface area contributed by atoms with E-state index < -0.39 is 11.7 Å². The minimum atomic E-state index is -4.37. The van der Waals surface area contributed by atoms with Gasteiger partial charge in [-0.15, -0.1) is 0 Å². The molecule has 1 fully saturated rings. The summed E-state index contributed by atoms with van der Waals surface area (Å²) in [4.78, 5) is 2.48. The maximum absolute atomic E-state index is 13.4. The molecule has 0 saturated carbocycles. The lowest BCUT2D eigenvalue weighted by Gasteiger charge is -2.42. The van der Waals surface area contributed by atoms with Crippen LogP contribution in [0.15, 0.2) is 36.4 Å². The number of benzene rings is 2. The highest BCUT2D eigenvalue weighted by molar-refractivity contribution is 5.73. The van der Waals surface area contributed by atoms with Crippen molar-refractivity contribution in [3.63, 3.8) is 0 Å². The molecular weight excluding hydrogens is 351 g/mol. The summed E-state index contributed by atoms with van der Waals surface area (Å²) in [5, 5.41) is 6.56. The van der Waals surface area contributed by atoms with E-state index >= 15 is 0 Å². The molecule has 5 rings (SSSR count). The monoisotopic (exact) mass is 373 g/mol. The van der Waals surface area contributed by atoms with Crippen LogP contribution in [0.4, 0.5) is 30.2 Å². The molecule has 2 aromatic rings. The maximum Gasteiger partial charge on any atom is 0.418 e. The van der Waals surface area contributed by atoms with Gasteiger partial charge in [0, 0.05) is 43.5 Å². The van der Waals surface area contributed by atoms with E-state index in [9.17, 15) is 13.2 Å². The molecule has 2 unspecified atom stereocenters. The van der Waals surface area contributed by atoms with E-state index in [1.54, 1.807) is 6.07 Å². The number of aryl methyl sites for hydroxylation is 1. The van der Waals surface area contributed by atoms with Gasteiger partial charge in [-0.2, -0.15) is 13.2 Å². The standard InChI is InChI=1S/C21H22F3N3/c22-21(23,24)18-5-1-2-6-19(18)26-15-8-13-4-3-7-27-12-14-10-25-11-17(14)16(9-15)20(13)27/h1-2,5-6,8-9,14,17,25-26H,3-4,7,10-12H2. The number of hydrogen-bond donors (Lipinski definition) is 2. The van der Waals surface area contributed by atoms with Crippen molar-refractivity contribution in [1.82, 2.24) is 5.32 Å². The summed E-state index contributed by atoms with van der Waals surface area (Å²) in [5.74, 6) is 1.04. The first-order valence-corrected chi connectivity index (χ1v) is 9.56. The second-order valence-electron chi connectivity index (χ2n) is 7.82. The Morgan fingerprint density at radius 1 is 1.11 bits per heavy atom. The normalized spacial score (nSPS) is 23.7. The molecule has 0 aromatic heterocycles. The van der Waals surface area contributed by atoms with Crippen LogP contribution in [-0.2, 0) is 12.6 Å². The number of nitrogens with one attached hydrogen (secondary N) is 2. The zero-order chi connectivity index (χ0) is 18.6. The second kappa shape index (κ2) is 6.16. The summed E-state index contributed by atoms with van der Waals surface area (Å²) in [7, 11) is 0. The fraction of sp³-hybridized carbons (Fsp3) is 0.429. The van der Waals surface area contributed by atoms with Gasteiger partial charge in [-0.1, -0.05) is 12.1 Å². The molecule has 3 nitrogen and oxygen atoms in total. The molecule has 0 bridgehead atoms. The Balaban J connectivity index is 1.57. The minimum absolute atomic E-state index is 0.113. The Labute approximate surface area is 156 Å². The molecule has 2 aromatic carbocycles. The van der Waals surface area contributed by atoms with E-state index in [0.29, 0.717) is 11.8 Å². The molecule has 3 heterocycles. The quantitative estimate of drug-likeness (QED) is 0.811. The average Bonchev–Trinajstić information content (AvgIpc) is 3.10. The molecule has 3 aliphatic heterocycles. The van der Waals surface area contributed by atoms with Crippen LogP contribution in [0.3, 0.4) is 0 Å². The number of fused-ring (bicyclic) bond motifs is 2. The second-order valence-corrected chi connectivity index (χ2v) is 7.82. The van der Waals surface area contributed by atoms with Crippen molar-refractivity contribution in [3.05, 3.63) is 53.1 Å². The molecule has 2 atom stereocenters. The molecule has 0 spiro atoms. The molecular formula is C21H22F3N3. The Morgan fingerprint density at radius 2 is 1.96 bits per heavy atom. The lowest BCUT2D eigenvalue weighted by Crippen LogP contribution is -2.41. The van der Waals surface area contributed by atoms with Gasteiger partial charge in [-0.05, 0) is 54.2 Å². The van der Waals surface area contributed by atoms with Crippen LogP contribution in [0.1, 0.15) is 29.0 Å². The zero-order valence-corrected chi connectivity index (χ0v) is 14.9. The van der Waals surface area contributed by atoms with Crippen LogP contribution < -0.4 is 15.5 Å². The van der Waals surface area contributed by atoms with Gasteiger partial charge in [0.25, 0.3) is 0 Å². The SMILES string of the molecule is FC(F)(F)c1ccccc1Nc1cc2c3c(c1)C1CNCC1CN3CCC2. The molecule has 0 radical (unpaired) electrons. The summed E-state index contributed by atoms with van der Waals surface area (Å²) in [5.41, 5.74) is 4.13. The van der Waals surface area contributed by atoms with Crippen molar-refractivity contribution in [2.75, 3.05) is 36.4 Å². The van der Waals surface area contributed by atoms with Gasteiger partial charge in [-0.25, -0.2) is 0 Å². The fourth-order valence-corrected chi connectivity index (χ4v) is 4.97. The summed E-state index contributed by atoms with van der Waals surface area (Å²) in [6, 6.07) is 9.81. The van der Waals surface area contributed by atoms with Crippen molar-refractivity contribution >= 4 is 17.1 Å². The number of rotatable bonds is 2. The first-order valence-electron chi connectivity index (χ1n) is 9.56. The summed E-state index contributed by atoms with van der Waals surface area (Å²) < 4.78 is 40.1. The van der Waals surface area contributed by atoms with Crippen LogP contribution in [0, 0.1) is 5.92 Å². The molecule has 3 aliphatic rings. The van der Waals surface area contributed by atoms with Crippen LogP contribution in [0.2, 0.25) is 0 Å². The molecule has 0 amide bonds. The van der Waals surface area contributed by atoms with Gasteiger partial charge in [0.05, 0.1) is 11.3 Å². The van der Waals surface area contributed by atoms with Crippen LogP contribution in [-0.4, -0.2) is 26.2 Å². The van der Waals surface area contributed by atoms with Gasteiger partial charge in [0.15, 0.2) is 0 Å². The number of alkyl halides is 3. The van der Waals surface area contributed by atoms with Crippen molar-refractivity contribution in [1.29, 1.82) is 0 Å². The highest BCUT2D eigenvalue weighted by Gasteiger charge is 2.39. The highest BCUT2D eigenvalue weighted by atomic mass is 19.4. The third-order valence-corrected chi connectivity index (χ3v) is 6.11. The third kappa shape index (κ3) is 2.87. The summed E-state index contributed by atoms with van der Waals surface area (Å²) >= 11 is 0. The summed E-state index contributed by atoms with van der Waals surface area (Å²) in [6.07, 6.45) is -2.29. The molecule has 27 heavy (non-hydrogen) atoms. The third-order valence-electron chi connectivity index (χ3n) is 6.11. The Kier molecular flexibility index (Phi) is 3.86. The number of anilines is 3. The van der Waals surface area contributed by atoms with Crippen LogP contribution in [0.25, 0.3) is 0 Å². The number of para-hydroxylation sites is 1. The van der Waals surface area contributed by atoms with Gasteiger partial charge in [0.2, 0.25) is 0 Å². The summed E-state index contributed by atoms with van der Waals surface area (Å²) in [6.45, 7) is 4.13. The fourth-order valence-electron chi connectivity index (χ4n) is 4.97. The van der Waals surface area contributed by atoms with Crippen molar-refractivity contribution < 1.29 is 13.2 Å². The molecule has 6 heteroatoms. The average molecular weight is 373 g/mol. The maximum atomic E-state index is 13.4. The van der Waals surface area contributed by atoms with E-state index in [2.05, 4.69) is 21.6 Å². The largest absolute Gasteiger partial charge is 0.418 e. The van der Waals surface area contributed by atoms with E-state index in [1.807, 2.05) is 6.07 Å². The van der Waals surface area contributed by atoms with E-state index in [4.69, 9.17) is 0 Å². The van der Waals surface area contributed by atoms with E-state index in [-0.39, 0.29) is 5.69 Å². The number of hydrogen-bond acceptors (Lipinski definition) is 3. The number of nitrogens with zero attached hydrogens (tertiary/aromatic N) is 1. The molecule has 142 valence electrons. The molecule has 1 saturated heterocycles. The Hall–Kier alpha value is -2.21. The smallest absolute Gasteiger partial charge is 0.371 e. The van der Waals surface area contributed by atoms with Gasteiger partial charge in [-0.3, -0.25) is 0 Å². The first kappa shape index (κ1) is 16.9. The topological polar surface area (TPSA) is 27.3 Å². The Morgan fingerprint density at radius 3 is 2.81 bits per heavy atom. The lowest BCUT2D eigenvalue weighted by molar-refractivity contribution is -0.136. The first-order chi connectivity index (χ1) is 13.0. The van der Waals surface area contributed by atoms with Crippen molar-refractivity contribution in [3.8, 4) is 0 Å². The Bertz CT molecular complexity index is 877. The molecule has 0 aliphatic carbocycles. The predicted octanol–water partition coefficient (Wildman–Crippen LogP) is 4.52. The number of halogens is 3. The van der Waals surface area contributed by atoms with E-state index in [0.717, 1.165) is 50.8 Å². The minimum Gasteiger partial charge on any atom is -0.371 e. The zero-order valence-electron chi connectivity index (χ0n) is 14.9. The predicted molar refractivity (Wildman–Crippen MR) is 101 cm³/mol. The van der Waals surface area contributed by atoms with Gasteiger partial charge in [0.1, 0.15) is 0 Å². The lowest BCUT2D eigenvalue weighted by atomic mass is 9.80. The van der Waals surface area contributed by atoms with Crippen molar-refractivity contribution in [2.24, 2.45) is 5.92 Å². The highest BCUT2D eigenvalue weighted by Crippen LogP contribution is 2.46. The molecule has 2 N–H and O–H groups in total. The van der Waals surface area contributed by atoms with Crippen LogP contribution >= 0.6 is 0 Å². The van der Waals surface area contributed by atoms with Gasteiger partial charge < -0.3 is 15.5 Å².